The number of aryl methyl sites for hydroxylation is 2. The van der Waals surface area contributed by atoms with Crippen LogP contribution in [0, 0.1) is 20.8 Å². The fraction of sp³-hybridized carbons (Fsp3) is 0.273. The van der Waals surface area contributed by atoms with E-state index in [4.69, 9.17) is 5.11 Å². The second-order valence-electron chi connectivity index (χ2n) is 3.88. The van der Waals surface area contributed by atoms with E-state index in [1.54, 1.807) is 19.9 Å². The fourth-order valence-electron chi connectivity index (χ4n) is 1.65. The summed E-state index contributed by atoms with van der Waals surface area (Å²) in [6.07, 6.45) is 0. The van der Waals surface area contributed by atoms with E-state index >= 15 is 0 Å². The third-order valence-electron chi connectivity index (χ3n) is 2.75. The van der Waals surface area contributed by atoms with Crippen LogP contribution in [0.4, 0.5) is 0 Å². The molecular weight excluding hydrogens is 220 g/mol. The molecule has 0 unspecified atom stereocenters. The number of aromatic nitrogens is 4. The van der Waals surface area contributed by atoms with Gasteiger partial charge in [0.05, 0.1) is 11.3 Å². The predicted octanol–water partition coefficient (Wildman–Crippen LogP) is 1.29. The zero-order chi connectivity index (χ0) is 12.6. The van der Waals surface area contributed by atoms with Crippen molar-refractivity contribution in [2.75, 3.05) is 0 Å². The Morgan fingerprint density at radius 2 is 2.00 bits per heavy atom. The molecule has 0 saturated carbocycles. The molecule has 0 amide bonds. The summed E-state index contributed by atoms with van der Waals surface area (Å²) < 4.78 is 1.51. The van der Waals surface area contributed by atoms with Gasteiger partial charge in [-0.25, -0.2) is 4.79 Å². The lowest BCUT2D eigenvalue weighted by Gasteiger charge is -2.09. The van der Waals surface area contributed by atoms with Crippen LogP contribution in [0.2, 0.25) is 0 Å². The number of hydrogen-bond acceptors (Lipinski definition) is 4. The van der Waals surface area contributed by atoms with E-state index in [2.05, 4.69) is 15.5 Å². The minimum Gasteiger partial charge on any atom is -0.478 e. The third-order valence-corrected chi connectivity index (χ3v) is 2.75. The highest BCUT2D eigenvalue weighted by molar-refractivity contribution is 5.90. The lowest BCUT2D eigenvalue weighted by molar-refractivity contribution is 0.0696. The number of benzene rings is 1. The zero-order valence-electron chi connectivity index (χ0n) is 9.80. The maximum atomic E-state index is 11.1. The van der Waals surface area contributed by atoms with Crippen molar-refractivity contribution in [3.63, 3.8) is 0 Å². The Morgan fingerprint density at radius 3 is 2.53 bits per heavy atom. The molecule has 0 fully saturated rings. The normalized spacial score (nSPS) is 10.5. The van der Waals surface area contributed by atoms with Crippen molar-refractivity contribution in [3.8, 4) is 5.69 Å². The molecule has 1 aromatic carbocycles. The van der Waals surface area contributed by atoms with Crippen molar-refractivity contribution in [2.45, 2.75) is 20.8 Å². The van der Waals surface area contributed by atoms with Gasteiger partial charge in [-0.1, -0.05) is 0 Å². The molecule has 0 aliphatic heterocycles. The Kier molecular flexibility index (Phi) is 2.63. The van der Waals surface area contributed by atoms with Crippen molar-refractivity contribution >= 4 is 5.97 Å². The molecule has 0 bridgehead atoms. The molecule has 1 aromatic heterocycles. The summed E-state index contributed by atoms with van der Waals surface area (Å²) >= 11 is 0. The van der Waals surface area contributed by atoms with Crippen LogP contribution in [0.1, 0.15) is 27.3 Å². The molecule has 88 valence electrons. The van der Waals surface area contributed by atoms with Gasteiger partial charge in [0.2, 0.25) is 0 Å². The van der Waals surface area contributed by atoms with Crippen molar-refractivity contribution in [3.05, 3.63) is 34.6 Å². The largest absolute Gasteiger partial charge is 0.478 e. The Morgan fingerprint density at radius 1 is 1.29 bits per heavy atom. The highest BCUT2D eigenvalue weighted by Gasteiger charge is 2.13. The van der Waals surface area contributed by atoms with Gasteiger partial charge in [-0.05, 0) is 54.5 Å². The summed E-state index contributed by atoms with van der Waals surface area (Å²) in [7, 11) is 0. The first-order valence-electron chi connectivity index (χ1n) is 5.10. The van der Waals surface area contributed by atoms with Crippen molar-refractivity contribution in [1.29, 1.82) is 0 Å². The van der Waals surface area contributed by atoms with Gasteiger partial charge < -0.3 is 5.11 Å². The maximum Gasteiger partial charge on any atom is 0.336 e. The standard InChI is InChI=1S/C11H12N4O2/c1-6-4-9(15-8(3)12-13-14-15)5-10(7(6)2)11(16)17/h4-5H,1-3H3,(H,16,17). The second-order valence-corrected chi connectivity index (χ2v) is 3.88. The van der Waals surface area contributed by atoms with Gasteiger partial charge >= 0.3 is 5.97 Å². The quantitative estimate of drug-likeness (QED) is 0.843. The Hall–Kier alpha value is -2.24. The van der Waals surface area contributed by atoms with Crippen LogP contribution >= 0.6 is 0 Å². The van der Waals surface area contributed by atoms with E-state index in [1.807, 2.05) is 13.0 Å². The van der Waals surface area contributed by atoms with Crippen LogP contribution in [-0.4, -0.2) is 31.3 Å². The number of nitrogens with zero attached hydrogens (tertiary/aromatic N) is 4. The average Bonchev–Trinajstić information content (AvgIpc) is 2.68. The van der Waals surface area contributed by atoms with Gasteiger partial charge in [-0.2, -0.15) is 4.68 Å². The summed E-state index contributed by atoms with van der Waals surface area (Å²) in [5.74, 6) is -0.331. The Balaban J connectivity index is 2.65. The van der Waals surface area contributed by atoms with Gasteiger partial charge in [-0.15, -0.1) is 5.10 Å². The maximum absolute atomic E-state index is 11.1. The molecule has 0 aliphatic rings. The molecule has 1 N–H and O–H groups in total. The molecule has 0 aliphatic carbocycles. The Labute approximate surface area is 97.9 Å². The highest BCUT2D eigenvalue weighted by atomic mass is 16.4. The monoisotopic (exact) mass is 232 g/mol. The van der Waals surface area contributed by atoms with Crippen molar-refractivity contribution < 1.29 is 9.90 Å². The first-order chi connectivity index (χ1) is 8.00. The topological polar surface area (TPSA) is 80.9 Å². The smallest absolute Gasteiger partial charge is 0.336 e. The molecular formula is C11H12N4O2. The first kappa shape index (κ1) is 11.3. The van der Waals surface area contributed by atoms with Gasteiger partial charge in [0.25, 0.3) is 0 Å². The van der Waals surface area contributed by atoms with E-state index in [1.165, 1.54) is 4.68 Å². The third kappa shape index (κ3) is 1.89. The molecule has 2 aromatic rings. The van der Waals surface area contributed by atoms with Gasteiger partial charge in [0.1, 0.15) is 0 Å². The van der Waals surface area contributed by atoms with Gasteiger partial charge in [0, 0.05) is 0 Å². The minimum atomic E-state index is -0.946. The van der Waals surface area contributed by atoms with Crippen molar-refractivity contribution in [1.82, 2.24) is 20.2 Å². The van der Waals surface area contributed by atoms with Crippen LogP contribution in [-0.2, 0) is 0 Å². The van der Waals surface area contributed by atoms with E-state index in [9.17, 15) is 4.79 Å². The van der Waals surface area contributed by atoms with E-state index in [-0.39, 0.29) is 5.56 Å². The second kappa shape index (κ2) is 3.97. The zero-order valence-corrected chi connectivity index (χ0v) is 9.80. The van der Waals surface area contributed by atoms with E-state index in [0.717, 1.165) is 11.1 Å². The summed E-state index contributed by atoms with van der Waals surface area (Å²) in [4.78, 5) is 11.1. The van der Waals surface area contributed by atoms with Crippen LogP contribution in [0.5, 0.6) is 0 Å². The predicted molar refractivity (Wildman–Crippen MR) is 60.3 cm³/mol. The Bertz CT molecular complexity index is 589. The van der Waals surface area contributed by atoms with Gasteiger partial charge in [0.15, 0.2) is 5.82 Å². The number of hydrogen-bond donors (Lipinski definition) is 1. The lowest BCUT2D eigenvalue weighted by atomic mass is 10.0. The van der Waals surface area contributed by atoms with Gasteiger partial charge in [-0.3, -0.25) is 0 Å². The summed E-state index contributed by atoms with van der Waals surface area (Å²) in [6.45, 7) is 5.41. The average molecular weight is 232 g/mol. The number of carbonyl (C=O) groups is 1. The summed E-state index contributed by atoms with van der Waals surface area (Å²) in [5, 5.41) is 20.3. The molecule has 0 saturated heterocycles. The number of carboxylic acid groups (broad SMARTS) is 1. The number of tetrazole rings is 1. The van der Waals surface area contributed by atoms with Crippen LogP contribution in [0.3, 0.4) is 0 Å². The van der Waals surface area contributed by atoms with Crippen molar-refractivity contribution in [2.24, 2.45) is 0 Å². The molecule has 2 rings (SSSR count). The van der Waals surface area contributed by atoms with Crippen LogP contribution in [0.15, 0.2) is 12.1 Å². The molecule has 6 heteroatoms. The van der Waals surface area contributed by atoms with Crippen LogP contribution in [0.25, 0.3) is 5.69 Å². The summed E-state index contributed by atoms with van der Waals surface area (Å²) in [6, 6.07) is 3.44. The molecule has 0 atom stereocenters. The fourth-order valence-corrected chi connectivity index (χ4v) is 1.65. The molecule has 0 spiro atoms. The highest BCUT2D eigenvalue weighted by Crippen LogP contribution is 2.19. The van der Waals surface area contributed by atoms with E-state index in [0.29, 0.717) is 11.5 Å². The summed E-state index contributed by atoms with van der Waals surface area (Å²) in [5.41, 5.74) is 2.59. The number of carboxylic acids is 1. The number of rotatable bonds is 2. The van der Waals surface area contributed by atoms with Crippen LogP contribution < -0.4 is 0 Å². The molecule has 0 radical (unpaired) electrons. The molecule has 1 heterocycles. The first-order valence-corrected chi connectivity index (χ1v) is 5.10. The molecule has 17 heavy (non-hydrogen) atoms. The van der Waals surface area contributed by atoms with E-state index < -0.39 is 5.97 Å². The number of aromatic carboxylic acids is 1. The SMILES string of the molecule is Cc1cc(-n2nnnc2C)cc(C(=O)O)c1C. The minimum absolute atomic E-state index is 0.273. The molecule has 6 nitrogen and oxygen atoms in total. The lowest BCUT2D eigenvalue weighted by Crippen LogP contribution is -2.06.